The molecule has 0 bridgehead atoms. The van der Waals surface area contributed by atoms with Crippen molar-refractivity contribution < 1.29 is 5.11 Å². The number of hydrogen-bond acceptors (Lipinski definition) is 5. The van der Waals surface area contributed by atoms with E-state index in [-0.39, 0.29) is 24.0 Å². The van der Waals surface area contributed by atoms with Gasteiger partial charge in [0.15, 0.2) is 5.82 Å². The zero-order valence-electron chi connectivity index (χ0n) is 12.3. The van der Waals surface area contributed by atoms with Crippen LogP contribution in [0, 0.1) is 0 Å². The van der Waals surface area contributed by atoms with Crippen LogP contribution >= 0.6 is 0 Å². The standard InChI is InChI=1S/C13H24N4O2/c1-10(2)17-7-6-14-11(12(17)18)15-8-13(3,19)9-16(4)5/h6-7,10,19H,8-9H2,1-5H3,(H,14,15). The topological polar surface area (TPSA) is 70.4 Å². The average Bonchev–Trinajstić information content (AvgIpc) is 2.25. The minimum atomic E-state index is -0.921. The molecule has 108 valence electrons. The van der Waals surface area contributed by atoms with Gasteiger partial charge in [-0.1, -0.05) is 0 Å². The molecule has 0 spiro atoms. The van der Waals surface area contributed by atoms with Crippen molar-refractivity contribution in [2.45, 2.75) is 32.4 Å². The van der Waals surface area contributed by atoms with Crippen LogP contribution in [0.4, 0.5) is 5.82 Å². The number of aromatic nitrogens is 2. The molecule has 0 aliphatic carbocycles. The molecule has 1 atom stereocenters. The van der Waals surface area contributed by atoms with Gasteiger partial charge in [-0.25, -0.2) is 4.98 Å². The van der Waals surface area contributed by atoms with Crippen LogP contribution in [0.25, 0.3) is 0 Å². The first-order valence-corrected chi connectivity index (χ1v) is 6.41. The molecule has 0 aliphatic heterocycles. The molecule has 2 N–H and O–H groups in total. The molecule has 0 saturated carbocycles. The number of hydrogen-bond donors (Lipinski definition) is 2. The van der Waals surface area contributed by atoms with E-state index in [0.29, 0.717) is 6.54 Å². The van der Waals surface area contributed by atoms with Crippen LogP contribution in [-0.2, 0) is 0 Å². The number of nitrogens with zero attached hydrogens (tertiary/aromatic N) is 3. The predicted octanol–water partition coefficient (Wildman–Crippen LogP) is 0.549. The first kappa shape index (κ1) is 15.7. The Hall–Kier alpha value is -1.40. The van der Waals surface area contributed by atoms with Crippen LogP contribution in [-0.4, -0.2) is 52.3 Å². The zero-order valence-corrected chi connectivity index (χ0v) is 12.3. The van der Waals surface area contributed by atoms with Gasteiger partial charge in [-0.05, 0) is 34.9 Å². The molecule has 1 aromatic heterocycles. The monoisotopic (exact) mass is 268 g/mol. The Balaban J connectivity index is 2.79. The molecule has 0 fully saturated rings. The maximum absolute atomic E-state index is 12.1. The Bertz CT molecular complexity index is 466. The molecule has 1 aromatic rings. The highest BCUT2D eigenvalue weighted by Crippen LogP contribution is 2.06. The maximum atomic E-state index is 12.1. The molecule has 6 heteroatoms. The highest BCUT2D eigenvalue weighted by atomic mass is 16.3. The van der Waals surface area contributed by atoms with Gasteiger partial charge in [-0.3, -0.25) is 4.79 Å². The molecule has 1 unspecified atom stereocenters. The molecule has 0 amide bonds. The third-order valence-electron chi connectivity index (χ3n) is 2.72. The molecular formula is C13H24N4O2. The molecule has 0 aromatic carbocycles. The number of aliphatic hydroxyl groups is 1. The van der Waals surface area contributed by atoms with E-state index in [4.69, 9.17) is 0 Å². The average molecular weight is 268 g/mol. The molecule has 0 radical (unpaired) electrons. The third kappa shape index (κ3) is 4.65. The zero-order chi connectivity index (χ0) is 14.6. The van der Waals surface area contributed by atoms with E-state index >= 15 is 0 Å². The lowest BCUT2D eigenvalue weighted by Crippen LogP contribution is -2.44. The fourth-order valence-corrected chi connectivity index (χ4v) is 1.96. The second-order valence-corrected chi connectivity index (χ2v) is 5.67. The van der Waals surface area contributed by atoms with Gasteiger partial charge in [0, 0.05) is 31.5 Å². The van der Waals surface area contributed by atoms with Gasteiger partial charge >= 0.3 is 0 Å². The Morgan fingerprint density at radius 3 is 2.68 bits per heavy atom. The minimum Gasteiger partial charge on any atom is -0.387 e. The lowest BCUT2D eigenvalue weighted by Gasteiger charge is -2.27. The number of anilines is 1. The summed E-state index contributed by atoms with van der Waals surface area (Å²) < 4.78 is 1.61. The molecule has 0 aliphatic rings. The third-order valence-corrected chi connectivity index (χ3v) is 2.72. The molecule has 1 rings (SSSR count). The van der Waals surface area contributed by atoms with E-state index in [1.807, 2.05) is 32.8 Å². The molecule has 1 heterocycles. The van der Waals surface area contributed by atoms with E-state index in [9.17, 15) is 9.90 Å². The first-order valence-electron chi connectivity index (χ1n) is 6.41. The van der Waals surface area contributed by atoms with Gasteiger partial charge in [-0.15, -0.1) is 0 Å². The fourth-order valence-electron chi connectivity index (χ4n) is 1.96. The summed E-state index contributed by atoms with van der Waals surface area (Å²) >= 11 is 0. The number of rotatable bonds is 6. The quantitative estimate of drug-likeness (QED) is 0.788. The lowest BCUT2D eigenvalue weighted by molar-refractivity contribution is 0.0459. The Kier molecular flexibility index (Phi) is 5.08. The van der Waals surface area contributed by atoms with Crippen molar-refractivity contribution in [3.63, 3.8) is 0 Å². The number of nitrogens with one attached hydrogen (secondary N) is 1. The second-order valence-electron chi connectivity index (χ2n) is 5.67. The van der Waals surface area contributed by atoms with Gasteiger partial charge in [0.25, 0.3) is 5.56 Å². The summed E-state index contributed by atoms with van der Waals surface area (Å²) in [5.41, 5.74) is -1.09. The normalized spacial score (nSPS) is 14.7. The molecule has 0 saturated heterocycles. The van der Waals surface area contributed by atoms with Crippen LogP contribution in [0.3, 0.4) is 0 Å². The highest BCUT2D eigenvalue weighted by molar-refractivity contribution is 5.31. The summed E-state index contributed by atoms with van der Waals surface area (Å²) in [6.45, 7) is 6.38. The maximum Gasteiger partial charge on any atom is 0.293 e. The summed E-state index contributed by atoms with van der Waals surface area (Å²) in [5.74, 6) is 0.273. The Morgan fingerprint density at radius 2 is 2.16 bits per heavy atom. The van der Waals surface area contributed by atoms with Crippen LogP contribution < -0.4 is 10.9 Å². The SMILES string of the molecule is CC(C)n1ccnc(NCC(C)(O)CN(C)C)c1=O. The second kappa shape index (κ2) is 6.16. The van der Waals surface area contributed by atoms with E-state index in [1.54, 1.807) is 23.9 Å². The van der Waals surface area contributed by atoms with Crippen LogP contribution in [0.15, 0.2) is 17.2 Å². The van der Waals surface area contributed by atoms with E-state index < -0.39 is 5.60 Å². The van der Waals surface area contributed by atoms with Crippen molar-refractivity contribution in [2.24, 2.45) is 0 Å². The van der Waals surface area contributed by atoms with Gasteiger partial charge in [-0.2, -0.15) is 0 Å². The summed E-state index contributed by atoms with van der Waals surface area (Å²) in [5, 5.41) is 13.1. The van der Waals surface area contributed by atoms with Crippen LogP contribution in [0.2, 0.25) is 0 Å². The Morgan fingerprint density at radius 1 is 1.53 bits per heavy atom. The largest absolute Gasteiger partial charge is 0.387 e. The van der Waals surface area contributed by atoms with Crippen molar-refractivity contribution in [2.75, 3.05) is 32.5 Å². The van der Waals surface area contributed by atoms with Crippen LogP contribution in [0.5, 0.6) is 0 Å². The van der Waals surface area contributed by atoms with Crippen molar-refractivity contribution in [3.05, 3.63) is 22.7 Å². The van der Waals surface area contributed by atoms with Gasteiger partial charge in [0.05, 0.1) is 5.60 Å². The van der Waals surface area contributed by atoms with E-state index in [0.717, 1.165) is 0 Å². The van der Waals surface area contributed by atoms with E-state index in [2.05, 4.69) is 10.3 Å². The van der Waals surface area contributed by atoms with Gasteiger partial charge in [0.2, 0.25) is 0 Å². The summed E-state index contributed by atoms with van der Waals surface area (Å²) in [6, 6.07) is 0.0818. The lowest BCUT2D eigenvalue weighted by atomic mass is 10.1. The summed E-state index contributed by atoms with van der Waals surface area (Å²) in [4.78, 5) is 18.0. The molecule has 19 heavy (non-hydrogen) atoms. The Labute approximate surface area is 114 Å². The smallest absolute Gasteiger partial charge is 0.293 e. The number of likely N-dealkylation sites (N-methyl/N-ethyl adjacent to an activating group) is 1. The predicted molar refractivity (Wildman–Crippen MR) is 76.5 cm³/mol. The first-order chi connectivity index (χ1) is 8.73. The van der Waals surface area contributed by atoms with Crippen molar-refractivity contribution in [1.82, 2.24) is 14.5 Å². The summed E-state index contributed by atoms with van der Waals surface area (Å²) in [6.07, 6.45) is 3.25. The summed E-state index contributed by atoms with van der Waals surface area (Å²) in [7, 11) is 3.78. The van der Waals surface area contributed by atoms with Gasteiger partial charge < -0.3 is 19.9 Å². The van der Waals surface area contributed by atoms with Crippen molar-refractivity contribution >= 4 is 5.82 Å². The fraction of sp³-hybridized carbons (Fsp3) is 0.692. The minimum absolute atomic E-state index is 0.0818. The van der Waals surface area contributed by atoms with Crippen molar-refractivity contribution in [1.29, 1.82) is 0 Å². The molecule has 6 nitrogen and oxygen atoms in total. The van der Waals surface area contributed by atoms with E-state index in [1.165, 1.54) is 0 Å². The highest BCUT2D eigenvalue weighted by Gasteiger charge is 2.21. The molecular weight excluding hydrogens is 244 g/mol. The van der Waals surface area contributed by atoms with Gasteiger partial charge in [0.1, 0.15) is 0 Å². The van der Waals surface area contributed by atoms with Crippen molar-refractivity contribution in [3.8, 4) is 0 Å². The van der Waals surface area contributed by atoms with Crippen LogP contribution in [0.1, 0.15) is 26.8 Å².